The maximum absolute atomic E-state index is 13.5. The van der Waals surface area contributed by atoms with Gasteiger partial charge in [0, 0.05) is 0 Å². The first-order chi connectivity index (χ1) is 7.09. The minimum Gasteiger partial charge on any atom is -0.328 e. The predicted octanol–water partition coefficient (Wildman–Crippen LogP) is 1.19. The molecular formula is C10H9FN2O2. The van der Waals surface area contributed by atoms with Crippen molar-refractivity contribution in [1.82, 2.24) is 5.32 Å². The Morgan fingerprint density at radius 2 is 2.13 bits per heavy atom. The number of hydrogen-bond donors (Lipinski definition) is 1. The van der Waals surface area contributed by atoms with Crippen LogP contribution in [0.5, 0.6) is 0 Å². The first-order valence-electron chi connectivity index (χ1n) is 4.46. The van der Waals surface area contributed by atoms with E-state index < -0.39 is 17.8 Å². The van der Waals surface area contributed by atoms with Crippen LogP contribution in [-0.2, 0) is 4.79 Å². The molecule has 1 aliphatic heterocycles. The molecule has 1 saturated heterocycles. The van der Waals surface area contributed by atoms with Gasteiger partial charge in [0.05, 0.1) is 12.2 Å². The van der Waals surface area contributed by atoms with Crippen molar-refractivity contribution in [2.45, 2.75) is 6.92 Å². The SMILES string of the molecule is Cc1ccc(N2C(=O)CNC2=O)c(F)c1. The molecule has 4 nitrogen and oxygen atoms in total. The number of amides is 3. The summed E-state index contributed by atoms with van der Waals surface area (Å²) in [5.74, 6) is -1.01. The smallest absolute Gasteiger partial charge is 0.328 e. The number of rotatable bonds is 1. The first kappa shape index (κ1) is 9.64. The lowest BCUT2D eigenvalue weighted by Crippen LogP contribution is -2.31. The van der Waals surface area contributed by atoms with Crippen LogP contribution < -0.4 is 10.2 Å². The van der Waals surface area contributed by atoms with Crippen LogP contribution in [0, 0.1) is 12.7 Å². The molecule has 0 bridgehead atoms. The van der Waals surface area contributed by atoms with Crippen LogP contribution in [0.2, 0.25) is 0 Å². The third-order valence-corrected chi connectivity index (χ3v) is 2.19. The van der Waals surface area contributed by atoms with Gasteiger partial charge in [0.25, 0.3) is 5.91 Å². The number of imide groups is 1. The molecule has 0 aromatic heterocycles. The highest BCUT2D eigenvalue weighted by Crippen LogP contribution is 2.22. The van der Waals surface area contributed by atoms with Crippen molar-refractivity contribution in [2.75, 3.05) is 11.4 Å². The molecule has 15 heavy (non-hydrogen) atoms. The molecular weight excluding hydrogens is 199 g/mol. The van der Waals surface area contributed by atoms with Crippen LogP contribution >= 0.6 is 0 Å². The molecule has 1 aromatic carbocycles. The lowest BCUT2D eigenvalue weighted by Gasteiger charge is -2.13. The fraction of sp³-hybridized carbons (Fsp3) is 0.200. The van der Waals surface area contributed by atoms with Gasteiger partial charge in [-0.1, -0.05) is 6.07 Å². The molecule has 5 heteroatoms. The van der Waals surface area contributed by atoms with Gasteiger partial charge >= 0.3 is 6.03 Å². The van der Waals surface area contributed by atoms with Gasteiger partial charge in [-0.2, -0.15) is 0 Å². The van der Waals surface area contributed by atoms with Gasteiger partial charge in [-0.3, -0.25) is 4.79 Å². The van der Waals surface area contributed by atoms with E-state index in [0.29, 0.717) is 0 Å². The number of nitrogens with one attached hydrogen (secondary N) is 1. The molecule has 0 radical (unpaired) electrons. The van der Waals surface area contributed by atoms with Gasteiger partial charge in [0.2, 0.25) is 0 Å². The zero-order chi connectivity index (χ0) is 11.0. The predicted molar refractivity (Wildman–Crippen MR) is 52.0 cm³/mol. The van der Waals surface area contributed by atoms with Crippen molar-refractivity contribution in [3.63, 3.8) is 0 Å². The quantitative estimate of drug-likeness (QED) is 0.705. The summed E-state index contributed by atoms with van der Waals surface area (Å²) in [5, 5.41) is 2.33. The van der Waals surface area contributed by atoms with Crippen molar-refractivity contribution < 1.29 is 14.0 Å². The fourth-order valence-corrected chi connectivity index (χ4v) is 1.46. The van der Waals surface area contributed by atoms with Crippen LogP contribution in [0.25, 0.3) is 0 Å². The number of carbonyl (C=O) groups excluding carboxylic acids is 2. The summed E-state index contributed by atoms with van der Waals surface area (Å²) in [4.78, 5) is 23.4. The maximum Gasteiger partial charge on any atom is 0.329 e. The molecule has 0 atom stereocenters. The van der Waals surface area contributed by atoms with Crippen LogP contribution in [0.1, 0.15) is 5.56 Å². The lowest BCUT2D eigenvalue weighted by atomic mass is 10.2. The van der Waals surface area contributed by atoms with E-state index in [0.717, 1.165) is 10.5 Å². The Labute approximate surface area is 85.7 Å². The molecule has 3 amide bonds. The Balaban J connectivity index is 2.45. The van der Waals surface area contributed by atoms with Crippen LogP contribution in [0.15, 0.2) is 18.2 Å². The molecule has 78 valence electrons. The zero-order valence-electron chi connectivity index (χ0n) is 8.08. The molecule has 1 aromatic rings. The minimum absolute atomic E-state index is 0.000556. The Bertz CT molecular complexity index is 429. The van der Waals surface area contributed by atoms with Crippen LogP contribution in [0.4, 0.5) is 14.9 Å². The number of aryl methyl sites for hydroxylation is 1. The van der Waals surface area contributed by atoms with Gasteiger partial charge in [0.1, 0.15) is 5.82 Å². The molecule has 0 saturated carbocycles. The van der Waals surface area contributed by atoms with E-state index in [1.807, 2.05) is 0 Å². The van der Waals surface area contributed by atoms with E-state index in [-0.39, 0.29) is 12.2 Å². The van der Waals surface area contributed by atoms with Gasteiger partial charge in [-0.25, -0.2) is 14.1 Å². The summed E-state index contributed by atoms with van der Waals surface area (Å²) >= 11 is 0. The van der Waals surface area contributed by atoms with E-state index >= 15 is 0 Å². The fourth-order valence-electron chi connectivity index (χ4n) is 1.46. The maximum atomic E-state index is 13.5. The number of nitrogens with zero attached hydrogens (tertiary/aromatic N) is 1. The minimum atomic E-state index is -0.581. The average molecular weight is 208 g/mol. The number of carbonyl (C=O) groups is 2. The lowest BCUT2D eigenvalue weighted by molar-refractivity contribution is -0.115. The van der Waals surface area contributed by atoms with E-state index in [2.05, 4.69) is 5.32 Å². The third-order valence-electron chi connectivity index (χ3n) is 2.19. The number of benzene rings is 1. The molecule has 1 fully saturated rings. The van der Waals surface area contributed by atoms with Crippen molar-refractivity contribution in [1.29, 1.82) is 0 Å². The van der Waals surface area contributed by atoms with Crippen LogP contribution in [0.3, 0.4) is 0 Å². The van der Waals surface area contributed by atoms with Gasteiger partial charge in [0.15, 0.2) is 0 Å². The third kappa shape index (κ3) is 1.56. The van der Waals surface area contributed by atoms with Crippen molar-refractivity contribution in [3.05, 3.63) is 29.6 Å². The summed E-state index contributed by atoms with van der Waals surface area (Å²) < 4.78 is 13.5. The van der Waals surface area contributed by atoms with Gasteiger partial charge in [-0.05, 0) is 24.6 Å². The van der Waals surface area contributed by atoms with E-state index in [1.54, 1.807) is 13.0 Å². The van der Waals surface area contributed by atoms with Crippen LogP contribution in [-0.4, -0.2) is 18.5 Å². The Morgan fingerprint density at radius 1 is 1.40 bits per heavy atom. The highest BCUT2D eigenvalue weighted by Gasteiger charge is 2.31. The summed E-state index contributed by atoms with van der Waals surface area (Å²) in [7, 11) is 0. The molecule has 0 unspecified atom stereocenters. The number of halogens is 1. The molecule has 2 rings (SSSR count). The topological polar surface area (TPSA) is 49.4 Å². The molecule has 1 heterocycles. The summed E-state index contributed by atoms with van der Waals surface area (Å²) in [6.07, 6.45) is 0. The Kier molecular flexibility index (Phi) is 2.15. The number of anilines is 1. The highest BCUT2D eigenvalue weighted by molar-refractivity contribution is 6.19. The summed E-state index contributed by atoms with van der Waals surface area (Å²) in [5.41, 5.74) is 0.740. The Morgan fingerprint density at radius 3 is 2.67 bits per heavy atom. The zero-order valence-corrected chi connectivity index (χ0v) is 8.08. The standard InChI is InChI=1S/C10H9FN2O2/c1-6-2-3-8(7(11)4-6)13-9(14)5-12-10(13)15/h2-4H,5H2,1H3,(H,12,15). The number of urea groups is 1. The highest BCUT2D eigenvalue weighted by atomic mass is 19.1. The molecule has 1 N–H and O–H groups in total. The summed E-state index contributed by atoms with van der Waals surface area (Å²) in [6.45, 7) is 1.66. The molecule has 1 aliphatic rings. The van der Waals surface area contributed by atoms with Crippen molar-refractivity contribution in [2.24, 2.45) is 0 Å². The first-order valence-corrected chi connectivity index (χ1v) is 4.46. The Hall–Kier alpha value is -1.91. The molecule has 0 aliphatic carbocycles. The van der Waals surface area contributed by atoms with Crippen molar-refractivity contribution >= 4 is 17.6 Å². The average Bonchev–Trinajstić information content (AvgIpc) is 2.48. The second-order valence-corrected chi connectivity index (χ2v) is 3.34. The van der Waals surface area contributed by atoms with E-state index in [9.17, 15) is 14.0 Å². The monoisotopic (exact) mass is 208 g/mol. The van der Waals surface area contributed by atoms with Crippen molar-refractivity contribution in [3.8, 4) is 0 Å². The second-order valence-electron chi connectivity index (χ2n) is 3.34. The van der Waals surface area contributed by atoms with Gasteiger partial charge in [-0.15, -0.1) is 0 Å². The normalized spacial score (nSPS) is 15.7. The van der Waals surface area contributed by atoms with E-state index in [4.69, 9.17) is 0 Å². The molecule has 0 spiro atoms. The van der Waals surface area contributed by atoms with Gasteiger partial charge < -0.3 is 5.32 Å². The summed E-state index contributed by atoms with van der Waals surface area (Å²) in [6, 6.07) is 3.78. The number of hydrogen-bond acceptors (Lipinski definition) is 2. The van der Waals surface area contributed by atoms with E-state index in [1.165, 1.54) is 12.1 Å². The second kappa shape index (κ2) is 3.34. The largest absolute Gasteiger partial charge is 0.329 e.